The first-order chi connectivity index (χ1) is 6.74. The van der Waals surface area contributed by atoms with Crippen LogP contribution in [0.15, 0.2) is 30.3 Å². The first-order valence-electron chi connectivity index (χ1n) is 4.65. The number of benzene rings is 1. The van der Waals surface area contributed by atoms with Gasteiger partial charge in [0.1, 0.15) is 0 Å². The highest BCUT2D eigenvalue weighted by Gasteiger charge is 2.10. The highest BCUT2D eigenvalue weighted by Crippen LogP contribution is 2.21. The van der Waals surface area contributed by atoms with Gasteiger partial charge in [-0.3, -0.25) is 0 Å². The van der Waals surface area contributed by atoms with E-state index < -0.39 is 0 Å². The van der Waals surface area contributed by atoms with E-state index in [0.717, 1.165) is 16.6 Å². The maximum absolute atomic E-state index is 9.00. The zero-order chi connectivity index (χ0) is 10.1. The average molecular weight is 190 g/mol. The molecule has 1 aromatic heterocycles. The third kappa shape index (κ3) is 1.31. The molecular weight excluding hydrogens is 176 g/mol. The predicted molar refractivity (Wildman–Crippen MR) is 56.9 cm³/mol. The molecule has 1 atom stereocenters. The van der Waals surface area contributed by atoms with Crippen molar-refractivity contribution < 1.29 is 5.11 Å². The molecule has 2 rings (SSSR count). The molecule has 3 nitrogen and oxygen atoms in total. The Hall–Kier alpha value is -1.32. The van der Waals surface area contributed by atoms with Crippen LogP contribution in [-0.2, 0) is 7.05 Å². The maximum atomic E-state index is 9.00. The number of aliphatic hydroxyl groups is 1. The molecule has 74 valence electrons. The second-order valence-electron chi connectivity index (χ2n) is 3.48. The Morgan fingerprint density at radius 1 is 1.43 bits per heavy atom. The minimum atomic E-state index is -0.299. The van der Waals surface area contributed by atoms with E-state index in [1.54, 1.807) is 0 Å². The number of aliphatic hydroxyl groups excluding tert-OH is 1. The molecule has 2 aromatic rings. The Kier molecular flexibility index (Phi) is 2.27. The highest BCUT2D eigenvalue weighted by atomic mass is 16.3. The van der Waals surface area contributed by atoms with Crippen molar-refractivity contribution in [3.8, 4) is 0 Å². The fourth-order valence-corrected chi connectivity index (χ4v) is 1.76. The fraction of sp³-hybridized carbons (Fsp3) is 0.273. The molecule has 0 bridgehead atoms. The number of rotatable bonds is 2. The topological polar surface area (TPSA) is 51.2 Å². The summed E-state index contributed by atoms with van der Waals surface area (Å²) in [4.78, 5) is 0. The highest BCUT2D eigenvalue weighted by molar-refractivity contribution is 5.81. The van der Waals surface area contributed by atoms with Crippen LogP contribution in [0.3, 0.4) is 0 Å². The van der Waals surface area contributed by atoms with Crippen LogP contribution in [0.2, 0.25) is 0 Å². The number of hydrogen-bond donors (Lipinski definition) is 2. The number of nitrogens with zero attached hydrogens (tertiary/aromatic N) is 1. The molecule has 14 heavy (non-hydrogen) atoms. The first kappa shape index (κ1) is 9.24. The Morgan fingerprint density at radius 3 is 2.79 bits per heavy atom. The van der Waals surface area contributed by atoms with Crippen molar-refractivity contribution in [2.24, 2.45) is 12.8 Å². The Labute approximate surface area is 82.8 Å². The number of aryl methyl sites for hydroxylation is 1. The molecule has 0 aliphatic heterocycles. The lowest BCUT2D eigenvalue weighted by molar-refractivity contribution is 0.264. The van der Waals surface area contributed by atoms with Crippen molar-refractivity contribution in [2.45, 2.75) is 6.04 Å². The summed E-state index contributed by atoms with van der Waals surface area (Å²) in [6, 6.07) is 9.81. The van der Waals surface area contributed by atoms with Crippen LogP contribution in [0.25, 0.3) is 10.9 Å². The van der Waals surface area contributed by atoms with Crippen molar-refractivity contribution >= 4 is 10.9 Å². The lowest BCUT2D eigenvalue weighted by atomic mass is 10.2. The van der Waals surface area contributed by atoms with Crippen LogP contribution < -0.4 is 5.73 Å². The predicted octanol–water partition coefficient (Wildman–Crippen LogP) is 1.17. The van der Waals surface area contributed by atoms with E-state index in [1.165, 1.54) is 0 Å². The Balaban J connectivity index is 2.62. The quantitative estimate of drug-likeness (QED) is 0.747. The number of fused-ring (bicyclic) bond motifs is 1. The molecule has 1 heterocycles. The largest absolute Gasteiger partial charge is 0.394 e. The maximum Gasteiger partial charge on any atom is 0.0685 e. The second kappa shape index (κ2) is 3.44. The van der Waals surface area contributed by atoms with E-state index >= 15 is 0 Å². The molecule has 0 aliphatic carbocycles. The van der Waals surface area contributed by atoms with Gasteiger partial charge in [-0.05, 0) is 17.5 Å². The molecule has 1 aromatic carbocycles. The molecular formula is C11H14N2O. The lowest BCUT2D eigenvalue weighted by Crippen LogP contribution is -2.17. The van der Waals surface area contributed by atoms with Gasteiger partial charge in [-0.25, -0.2) is 0 Å². The van der Waals surface area contributed by atoms with Crippen LogP contribution in [0.5, 0.6) is 0 Å². The molecule has 0 amide bonds. The number of para-hydroxylation sites is 1. The Bertz CT molecular complexity index is 447. The standard InChI is InChI=1S/C11H14N2O/c1-13-10-5-3-2-4-8(10)6-11(13)9(12)7-14/h2-6,9,14H,7,12H2,1H3. The summed E-state index contributed by atoms with van der Waals surface area (Å²) < 4.78 is 2.02. The van der Waals surface area contributed by atoms with Gasteiger partial charge in [-0.15, -0.1) is 0 Å². The van der Waals surface area contributed by atoms with E-state index in [2.05, 4.69) is 0 Å². The van der Waals surface area contributed by atoms with E-state index in [1.807, 2.05) is 41.9 Å². The molecule has 3 heteroatoms. The van der Waals surface area contributed by atoms with Gasteiger partial charge in [0.2, 0.25) is 0 Å². The molecule has 0 saturated heterocycles. The van der Waals surface area contributed by atoms with Crippen LogP contribution in [0.4, 0.5) is 0 Å². The monoisotopic (exact) mass is 190 g/mol. The first-order valence-corrected chi connectivity index (χ1v) is 4.65. The fourth-order valence-electron chi connectivity index (χ4n) is 1.76. The van der Waals surface area contributed by atoms with Crippen LogP contribution in [0, 0.1) is 0 Å². The number of nitrogens with two attached hydrogens (primary N) is 1. The van der Waals surface area contributed by atoms with Gasteiger partial charge >= 0.3 is 0 Å². The summed E-state index contributed by atoms with van der Waals surface area (Å²) in [5.74, 6) is 0. The molecule has 0 spiro atoms. The zero-order valence-electron chi connectivity index (χ0n) is 8.14. The molecule has 1 unspecified atom stereocenters. The van der Waals surface area contributed by atoms with Crippen molar-refractivity contribution in [2.75, 3.05) is 6.61 Å². The van der Waals surface area contributed by atoms with Crippen LogP contribution >= 0.6 is 0 Å². The van der Waals surface area contributed by atoms with Gasteiger partial charge in [-0.1, -0.05) is 18.2 Å². The average Bonchev–Trinajstić information content (AvgIpc) is 2.56. The number of aromatic nitrogens is 1. The minimum absolute atomic E-state index is 0.0236. The minimum Gasteiger partial charge on any atom is -0.394 e. The third-order valence-corrected chi connectivity index (χ3v) is 2.57. The summed E-state index contributed by atoms with van der Waals surface area (Å²) in [5, 5.41) is 10.2. The molecule has 3 N–H and O–H groups in total. The summed E-state index contributed by atoms with van der Waals surface area (Å²) in [5.41, 5.74) is 7.90. The van der Waals surface area contributed by atoms with Crippen molar-refractivity contribution in [1.82, 2.24) is 4.57 Å². The van der Waals surface area contributed by atoms with Crippen LogP contribution in [-0.4, -0.2) is 16.3 Å². The van der Waals surface area contributed by atoms with Gasteiger partial charge in [0.15, 0.2) is 0 Å². The second-order valence-corrected chi connectivity index (χ2v) is 3.48. The van der Waals surface area contributed by atoms with Crippen molar-refractivity contribution in [3.63, 3.8) is 0 Å². The van der Waals surface area contributed by atoms with E-state index in [-0.39, 0.29) is 12.6 Å². The zero-order valence-corrected chi connectivity index (χ0v) is 8.14. The van der Waals surface area contributed by atoms with Crippen LogP contribution in [0.1, 0.15) is 11.7 Å². The van der Waals surface area contributed by atoms with E-state index in [4.69, 9.17) is 10.8 Å². The van der Waals surface area contributed by atoms with Gasteiger partial charge < -0.3 is 15.4 Å². The molecule has 0 fully saturated rings. The SMILES string of the molecule is Cn1c(C(N)CO)cc2ccccc21. The summed E-state index contributed by atoms with van der Waals surface area (Å²) >= 11 is 0. The normalized spacial score (nSPS) is 13.4. The molecule has 0 aliphatic rings. The van der Waals surface area contributed by atoms with Gasteiger partial charge in [0.25, 0.3) is 0 Å². The summed E-state index contributed by atoms with van der Waals surface area (Å²) in [7, 11) is 1.97. The van der Waals surface area contributed by atoms with Gasteiger partial charge in [0.05, 0.1) is 12.6 Å². The number of hydrogen-bond acceptors (Lipinski definition) is 2. The third-order valence-electron chi connectivity index (χ3n) is 2.57. The lowest BCUT2D eigenvalue weighted by Gasteiger charge is -2.09. The van der Waals surface area contributed by atoms with E-state index in [9.17, 15) is 0 Å². The van der Waals surface area contributed by atoms with Gasteiger partial charge in [-0.2, -0.15) is 0 Å². The van der Waals surface area contributed by atoms with Gasteiger partial charge in [0, 0.05) is 18.3 Å². The summed E-state index contributed by atoms with van der Waals surface area (Å²) in [6.07, 6.45) is 0. The van der Waals surface area contributed by atoms with E-state index in [0.29, 0.717) is 0 Å². The molecule has 0 radical (unpaired) electrons. The smallest absolute Gasteiger partial charge is 0.0685 e. The van der Waals surface area contributed by atoms with Crippen molar-refractivity contribution in [1.29, 1.82) is 0 Å². The molecule has 0 saturated carbocycles. The Morgan fingerprint density at radius 2 is 2.14 bits per heavy atom. The summed E-state index contributed by atoms with van der Waals surface area (Å²) in [6.45, 7) is -0.0236. The van der Waals surface area contributed by atoms with Crippen molar-refractivity contribution in [3.05, 3.63) is 36.0 Å².